The van der Waals surface area contributed by atoms with Crippen molar-refractivity contribution in [2.75, 3.05) is 6.54 Å². The minimum Gasteiger partial charge on any atom is -0.321 e. The lowest BCUT2D eigenvalue weighted by Crippen LogP contribution is -2.34. The van der Waals surface area contributed by atoms with Gasteiger partial charge < -0.3 is 4.98 Å². The van der Waals surface area contributed by atoms with Gasteiger partial charge in [0.15, 0.2) is 5.82 Å². The van der Waals surface area contributed by atoms with Crippen molar-refractivity contribution in [2.45, 2.75) is 52.7 Å². The molecule has 2 heterocycles. The average Bonchev–Trinajstić information content (AvgIpc) is 3.38. The Hall–Kier alpha value is -4.17. The first-order valence-corrected chi connectivity index (χ1v) is 13.3. The Morgan fingerprint density at radius 2 is 1.77 bits per heavy atom. The first kappa shape index (κ1) is 26.4. The maximum Gasteiger partial charge on any atom is 0.252 e. The van der Waals surface area contributed by atoms with Gasteiger partial charge in [-0.2, -0.15) is 0 Å². The molecule has 7 nitrogen and oxygen atoms in total. The topological polar surface area (TPSA) is 79.7 Å². The minimum absolute atomic E-state index is 0.0834. The molecule has 39 heavy (non-hydrogen) atoms. The summed E-state index contributed by atoms with van der Waals surface area (Å²) >= 11 is 0. The molecule has 1 atom stereocenters. The van der Waals surface area contributed by atoms with Gasteiger partial charge in [0.25, 0.3) is 5.56 Å². The molecule has 8 heteroatoms. The number of fused-ring (bicyclic) bond motifs is 1. The van der Waals surface area contributed by atoms with E-state index < -0.39 is 0 Å². The van der Waals surface area contributed by atoms with E-state index in [2.05, 4.69) is 63.5 Å². The normalized spacial score (nSPS) is 12.3. The molecule has 1 N–H and O–H groups in total. The molecule has 0 saturated heterocycles. The predicted molar refractivity (Wildman–Crippen MR) is 151 cm³/mol. The van der Waals surface area contributed by atoms with Gasteiger partial charge in [-0.3, -0.25) is 9.69 Å². The monoisotopic (exact) mass is 524 g/mol. The first-order valence-electron chi connectivity index (χ1n) is 13.3. The molecule has 0 spiro atoms. The van der Waals surface area contributed by atoms with Crippen LogP contribution < -0.4 is 5.56 Å². The highest BCUT2D eigenvalue weighted by atomic mass is 19.1. The number of tetrazole rings is 1. The van der Waals surface area contributed by atoms with Crippen LogP contribution in [-0.2, 0) is 19.5 Å². The quantitative estimate of drug-likeness (QED) is 0.260. The molecule has 2 aromatic heterocycles. The number of nitrogens with one attached hydrogen (secondary N) is 1. The first-order chi connectivity index (χ1) is 18.9. The fourth-order valence-electron chi connectivity index (χ4n) is 5.26. The Balaban J connectivity index is 1.49. The van der Waals surface area contributed by atoms with Crippen molar-refractivity contribution in [3.8, 4) is 0 Å². The number of rotatable bonds is 10. The number of aromatic amines is 1. The summed E-state index contributed by atoms with van der Waals surface area (Å²) in [5, 5.41) is 13.7. The Labute approximate surface area is 227 Å². The zero-order valence-electron chi connectivity index (χ0n) is 22.6. The number of aryl methyl sites for hydroxylation is 2. The Morgan fingerprint density at radius 1 is 1.00 bits per heavy atom. The third-order valence-electron chi connectivity index (χ3n) is 7.20. The number of halogens is 1. The molecule has 0 fully saturated rings. The van der Waals surface area contributed by atoms with Crippen LogP contribution in [-0.4, -0.2) is 36.6 Å². The van der Waals surface area contributed by atoms with Crippen LogP contribution >= 0.6 is 0 Å². The van der Waals surface area contributed by atoms with Gasteiger partial charge in [0.2, 0.25) is 0 Å². The summed E-state index contributed by atoms with van der Waals surface area (Å²) in [6.07, 6.45) is 1.57. The van der Waals surface area contributed by atoms with E-state index in [1.54, 1.807) is 16.8 Å². The van der Waals surface area contributed by atoms with Gasteiger partial charge in [0.1, 0.15) is 5.82 Å². The highest BCUT2D eigenvalue weighted by Gasteiger charge is 2.26. The van der Waals surface area contributed by atoms with Crippen molar-refractivity contribution in [2.24, 2.45) is 0 Å². The number of nitrogens with zero attached hydrogens (tertiary/aromatic N) is 5. The van der Waals surface area contributed by atoms with Gasteiger partial charge in [-0.25, -0.2) is 9.07 Å². The maximum atomic E-state index is 13.5. The van der Waals surface area contributed by atoms with E-state index in [-0.39, 0.29) is 17.4 Å². The Morgan fingerprint density at radius 3 is 2.51 bits per heavy atom. The van der Waals surface area contributed by atoms with Crippen molar-refractivity contribution >= 4 is 10.9 Å². The highest BCUT2D eigenvalue weighted by Crippen LogP contribution is 2.26. The molecule has 0 unspecified atom stereocenters. The molecule has 0 aliphatic heterocycles. The van der Waals surface area contributed by atoms with Crippen molar-refractivity contribution in [1.29, 1.82) is 0 Å². The lowest BCUT2D eigenvalue weighted by atomic mass is 10.0. The highest BCUT2D eigenvalue weighted by molar-refractivity contribution is 5.82. The molecular formula is C31H33FN6O. The number of benzene rings is 3. The SMILES string of the molecule is CC[C@H](c1nnnn1Cc1ccc(F)cc1)N(CCc1ccccc1)Cc1cc2cc(C)cc(C)c2[nH]c1=O. The van der Waals surface area contributed by atoms with Crippen molar-refractivity contribution < 1.29 is 4.39 Å². The van der Waals surface area contributed by atoms with Gasteiger partial charge in [-0.1, -0.05) is 61.0 Å². The van der Waals surface area contributed by atoms with E-state index in [1.165, 1.54) is 17.7 Å². The van der Waals surface area contributed by atoms with E-state index in [0.717, 1.165) is 52.8 Å². The molecule has 3 aromatic carbocycles. The van der Waals surface area contributed by atoms with Crippen LogP contribution in [0.4, 0.5) is 4.39 Å². The number of hydrogen-bond acceptors (Lipinski definition) is 5. The summed E-state index contributed by atoms with van der Waals surface area (Å²) in [5.74, 6) is 0.444. The zero-order chi connectivity index (χ0) is 27.4. The summed E-state index contributed by atoms with van der Waals surface area (Å²) < 4.78 is 15.2. The molecule has 0 saturated carbocycles. The van der Waals surface area contributed by atoms with Crippen LogP contribution in [0.15, 0.2) is 77.6 Å². The minimum atomic E-state index is -0.278. The van der Waals surface area contributed by atoms with Gasteiger partial charge in [-0.05, 0) is 83.5 Å². The van der Waals surface area contributed by atoms with E-state index in [1.807, 2.05) is 31.2 Å². The van der Waals surface area contributed by atoms with E-state index >= 15 is 0 Å². The van der Waals surface area contributed by atoms with E-state index in [4.69, 9.17) is 0 Å². The molecule has 0 aliphatic carbocycles. The standard InChI is InChI=1S/C31H33FN6O/c1-4-28(30-34-35-36-38(30)19-24-10-12-27(32)13-11-24)37(15-14-23-8-6-5-7-9-23)20-26-18-25-17-21(2)16-22(3)29(25)33-31(26)39/h5-13,16-18,28H,4,14-15,19-20H2,1-3H3,(H,33,39)/t28-/m1/s1. The van der Waals surface area contributed by atoms with Gasteiger partial charge >= 0.3 is 0 Å². The van der Waals surface area contributed by atoms with Gasteiger partial charge in [-0.15, -0.1) is 5.10 Å². The average molecular weight is 525 g/mol. The summed E-state index contributed by atoms with van der Waals surface area (Å²) in [4.78, 5) is 18.7. The van der Waals surface area contributed by atoms with Gasteiger partial charge in [0, 0.05) is 18.7 Å². The van der Waals surface area contributed by atoms with E-state index in [0.29, 0.717) is 18.7 Å². The fourth-order valence-corrected chi connectivity index (χ4v) is 5.26. The molecule has 0 bridgehead atoms. The zero-order valence-corrected chi connectivity index (χ0v) is 22.6. The van der Waals surface area contributed by atoms with Gasteiger partial charge in [0.05, 0.1) is 18.1 Å². The second-order valence-electron chi connectivity index (χ2n) is 10.1. The molecule has 0 amide bonds. The van der Waals surface area contributed by atoms with Crippen LogP contribution in [0, 0.1) is 19.7 Å². The van der Waals surface area contributed by atoms with Crippen LogP contribution in [0.2, 0.25) is 0 Å². The van der Waals surface area contributed by atoms with Crippen LogP contribution in [0.1, 0.15) is 53.0 Å². The smallest absolute Gasteiger partial charge is 0.252 e. The van der Waals surface area contributed by atoms with E-state index in [9.17, 15) is 9.18 Å². The number of hydrogen-bond donors (Lipinski definition) is 1. The number of pyridine rings is 1. The lowest BCUT2D eigenvalue weighted by molar-refractivity contribution is 0.172. The van der Waals surface area contributed by atoms with Crippen molar-refractivity contribution in [1.82, 2.24) is 30.1 Å². The maximum absolute atomic E-state index is 13.5. The summed E-state index contributed by atoms with van der Waals surface area (Å²) in [6, 6.07) is 22.8. The second kappa shape index (κ2) is 11.7. The second-order valence-corrected chi connectivity index (χ2v) is 10.1. The molecule has 5 rings (SSSR count). The Kier molecular flexibility index (Phi) is 7.93. The van der Waals surface area contributed by atoms with Crippen molar-refractivity contribution in [3.63, 3.8) is 0 Å². The van der Waals surface area contributed by atoms with Crippen LogP contribution in [0.5, 0.6) is 0 Å². The summed E-state index contributed by atoms with van der Waals surface area (Å²) in [7, 11) is 0. The molecule has 0 aliphatic rings. The largest absolute Gasteiger partial charge is 0.321 e. The van der Waals surface area contributed by atoms with Crippen LogP contribution in [0.3, 0.4) is 0 Å². The summed E-state index contributed by atoms with van der Waals surface area (Å²) in [6.45, 7) is 7.79. The summed E-state index contributed by atoms with van der Waals surface area (Å²) in [5.41, 5.74) is 5.84. The molecule has 200 valence electrons. The van der Waals surface area contributed by atoms with Crippen molar-refractivity contribution in [3.05, 3.63) is 123 Å². The Bertz CT molecular complexity index is 1610. The number of aromatic nitrogens is 5. The molecular weight excluding hydrogens is 491 g/mol. The number of H-pyrrole nitrogens is 1. The molecule has 0 radical (unpaired) electrons. The predicted octanol–water partition coefficient (Wildman–Crippen LogP) is 5.51. The van der Waals surface area contributed by atoms with Crippen LogP contribution in [0.25, 0.3) is 10.9 Å². The molecule has 5 aromatic rings. The fraction of sp³-hybridized carbons (Fsp3) is 0.290. The third-order valence-corrected chi connectivity index (χ3v) is 7.20. The lowest BCUT2D eigenvalue weighted by Gasteiger charge is -2.30. The third kappa shape index (κ3) is 6.12.